The number of hydrogen-bond donors (Lipinski definition) is 0. The lowest BCUT2D eigenvalue weighted by Gasteiger charge is -2.10. The molecule has 0 bridgehead atoms. The quantitative estimate of drug-likeness (QED) is 0.372. The predicted octanol–water partition coefficient (Wildman–Crippen LogP) is 5.62. The lowest BCUT2D eigenvalue weighted by atomic mass is 10.1. The van der Waals surface area contributed by atoms with Crippen molar-refractivity contribution in [2.45, 2.75) is 20.8 Å². The molecule has 0 saturated heterocycles. The zero-order valence-corrected chi connectivity index (χ0v) is 19.1. The molecule has 0 amide bonds. The number of ether oxygens (including phenoxy) is 3. The summed E-state index contributed by atoms with van der Waals surface area (Å²) >= 11 is 0. The molecule has 0 spiro atoms. The summed E-state index contributed by atoms with van der Waals surface area (Å²) in [5.41, 5.74) is 2.29. The highest BCUT2D eigenvalue weighted by Crippen LogP contribution is 2.36. The minimum atomic E-state index is -0.510. The predicted molar refractivity (Wildman–Crippen MR) is 127 cm³/mol. The highest BCUT2D eigenvalue weighted by atomic mass is 16.5. The van der Waals surface area contributed by atoms with E-state index in [1.807, 2.05) is 25.1 Å². The Balaban J connectivity index is 1.95. The smallest absolute Gasteiger partial charge is 0.343 e. The molecule has 0 saturated carbocycles. The van der Waals surface area contributed by atoms with Gasteiger partial charge in [0.25, 0.3) is 0 Å². The van der Waals surface area contributed by atoms with Crippen LogP contribution in [0.5, 0.6) is 17.2 Å². The normalized spacial score (nSPS) is 10.8. The van der Waals surface area contributed by atoms with E-state index in [4.69, 9.17) is 18.6 Å². The van der Waals surface area contributed by atoms with Gasteiger partial charge in [0.05, 0.1) is 30.6 Å². The molecule has 0 unspecified atom stereocenters. The van der Waals surface area contributed by atoms with Crippen molar-refractivity contribution in [3.63, 3.8) is 0 Å². The van der Waals surface area contributed by atoms with Crippen molar-refractivity contribution in [3.8, 4) is 28.4 Å². The molecular formula is C27H24O6. The second-order valence-electron chi connectivity index (χ2n) is 7.71. The van der Waals surface area contributed by atoms with E-state index in [0.29, 0.717) is 50.5 Å². The zero-order chi connectivity index (χ0) is 23.7. The molecule has 6 nitrogen and oxygen atoms in total. The van der Waals surface area contributed by atoms with Crippen LogP contribution in [0.1, 0.15) is 27.4 Å². The Morgan fingerprint density at radius 2 is 1.42 bits per heavy atom. The van der Waals surface area contributed by atoms with Gasteiger partial charge in [-0.15, -0.1) is 0 Å². The van der Waals surface area contributed by atoms with Crippen LogP contribution >= 0.6 is 0 Å². The van der Waals surface area contributed by atoms with Gasteiger partial charge < -0.3 is 18.6 Å². The first-order valence-corrected chi connectivity index (χ1v) is 10.4. The van der Waals surface area contributed by atoms with Crippen LogP contribution < -0.4 is 19.6 Å². The summed E-state index contributed by atoms with van der Waals surface area (Å²) in [7, 11) is 3.10. The molecular weight excluding hydrogens is 420 g/mol. The van der Waals surface area contributed by atoms with E-state index < -0.39 is 5.97 Å². The van der Waals surface area contributed by atoms with Crippen LogP contribution in [0, 0.1) is 20.8 Å². The third-order valence-electron chi connectivity index (χ3n) is 5.61. The summed E-state index contributed by atoms with van der Waals surface area (Å²) in [5, 5.41) is 0.859. The number of rotatable bonds is 5. The molecule has 0 fully saturated rings. The minimum absolute atomic E-state index is 0.234. The van der Waals surface area contributed by atoms with Crippen LogP contribution in [0.25, 0.3) is 21.9 Å². The lowest BCUT2D eigenvalue weighted by molar-refractivity contribution is 0.0736. The van der Waals surface area contributed by atoms with E-state index in [9.17, 15) is 9.59 Å². The molecule has 0 radical (unpaired) electrons. The Hall–Kier alpha value is -4.06. The van der Waals surface area contributed by atoms with Crippen molar-refractivity contribution in [1.29, 1.82) is 0 Å². The van der Waals surface area contributed by atoms with Gasteiger partial charge in [0.2, 0.25) is 0 Å². The molecule has 0 N–H and O–H groups in total. The molecule has 0 aliphatic rings. The second-order valence-corrected chi connectivity index (χ2v) is 7.71. The van der Waals surface area contributed by atoms with Gasteiger partial charge >= 0.3 is 5.97 Å². The highest BCUT2D eigenvalue weighted by molar-refractivity contribution is 5.98. The molecule has 0 aliphatic carbocycles. The summed E-state index contributed by atoms with van der Waals surface area (Å²) in [6.07, 6.45) is 0. The summed E-state index contributed by atoms with van der Waals surface area (Å²) < 4.78 is 22.3. The van der Waals surface area contributed by atoms with E-state index in [0.717, 1.165) is 5.56 Å². The molecule has 6 heteroatoms. The first kappa shape index (κ1) is 22.1. The van der Waals surface area contributed by atoms with Gasteiger partial charge in [0, 0.05) is 0 Å². The summed E-state index contributed by atoms with van der Waals surface area (Å²) in [6, 6.07) is 15.7. The van der Waals surface area contributed by atoms with Crippen molar-refractivity contribution in [2.24, 2.45) is 0 Å². The van der Waals surface area contributed by atoms with E-state index >= 15 is 0 Å². The van der Waals surface area contributed by atoms with Gasteiger partial charge in [-0.3, -0.25) is 4.79 Å². The number of benzene rings is 2. The van der Waals surface area contributed by atoms with Crippen molar-refractivity contribution in [1.82, 2.24) is 0 Å². The molecule has 0 aliphatic heterocycles. The van der Waals surface area contributed by atoms with Gasteiger partial charge in [-0.05, 0) is 67.8 Å². The average Bonchev–Trinajstić information content (AvgIpc) is 3.02. The number of carbonyl (C=O) groups is 1. The SMILES string of the molecule is COc1ccc(-c2cc(OC(=O)c3ccccc3C)c3c(C)oc(C)c3c(=O)c2)cc1OC. The summed E-state index contributed by atoms with van der Waals surface area (Å²) in [4.78, 5) is 26.2. The number of esters is 1. The van der Waals surface area contributed by atoms with Crippen molar-refractivity contribution >= 4 is 16.7 Å². The van der Waals surface area contributed by atoms with E-state index in [1.54, 1.807) is 58.4 Å². The van der Waals surface area contributed by atoms with Crippen molar-refractivity contribution < 1.29 is 23.4 Å². The van der Waals surface area contributed by atoms with Crippen LogP contribution in [0.2, 0.25) is 0 Å². The molecule has 33 heavy (non-hydrogen) atoms. The minimum Gasteiger partial charge on any atom is -0.493 e. The summed E-state index contributed by atoms with van der Waals surface area (Å²) in [6.45, 7) is 5.31. The molecule has 1 heterocycles. The van der Waals surface area contributed by atoms with Gasteiger partial charge in [-0.2, -0.15) is 0 Å². The topological polar surface area (TPSA) is 75.0 Å². The Morgan fingerprint density at radius 3 is 2.12 bits per heavy atom. The molecule has 3 aromatic carbocycles. The average molecular weight is 444 g/mol. The fourth-order valence-corrected chi connectivity index (χ4v) is 3.97. The molecule has 4 rings (SSSR count). The monoisotopic (exact) mass is 444 g/mol. The third-order valence-corrected chi connectivity index (χ3v) is 5.61. The Morgan fingerprint density at radius 1 is 0.758 bits per heavy atom. The van der Waals surface area contributed by atoms with Crippen LogP contribution in [-0.2, 0) is 0 Å². The fourth-order valence-electron chi connectivity index (χ4n) is 3.97. The summed E-state index contributed by atoms with van der Waals surface area (Å²) in [5.74, 6) is 1.80. The number of fused-ring (bicyclic) bond motifs is 1. The van der Waals surface area contributed by atoms with Crippen LogP contribution in [0.15, 0.2) is 63.8 Å². The standard InChI is InChI=1S/C27H24O6/c1-15-8-6-7-9-20(15)27(29)33-24-14-19(18-10-11-22(30-4)23(13-18)31-5)12-21(28)25-16(2)32-17(3)26(24)25/h6-14H,1-5H3. The number of methoxy groups -OCH3 is 2. The van der Waals surface area contributed by atoms with Gasteiger partial charge in [-0.1, -0.05) is 24.3 Å². The Bertz CT molecular complexity index is 1430. The van der Waals surface area contributed by atoms with Crippen molar-refractivity contribution in [2.75, 3.05) is 14.2 Å². The molecule has 168 valence electrons. The maximum atomic E-state index is 13.2. The largest absolute Gasteiger partial charge is 0.493 e. The van der Waals surface area contributed by atoms with Crippen molar-refractivity contribution in [3.05, 3.63) is 87.5 Å². The highest BCUT2D eigenvalue weighted by Gasteiger charge is 2.20. The van der Waals surface area contributed by atoms with Gasteiger partial charge in [0.15, 0.2) is 16.9 Å². The first-order valence-electron chi connectivity index (χ1n) is 10.4. The number of aryl methyl sites for hydroxylation is 3. The molecule has 0 atom stereocenters. The third kappa shape index (κ3) is 4.07. The van der Waals surface area contributed by atoms with Gasteiger partial charge in [0.1, 0.15) is 17.3 Å². The van der Waals surface area contributed by atoms with E-state index in [1.165, 1.54) is 6.07 Å². The van der Waals surface area contributed by atoms with Crippen LogP contribution in [0.3, 0.4) is 0 Å². The fraction of sp³-hybridized carbons (Fsp3) is 0.185. The number of carbonyl (C=O) groups excluding carboxylic acids is 1. The van der Waals surface area contributed by atoms with E-state index in [-0.39, 0.29) is 11.2 Å². The molecule has 1 aromatic heterocycles. The Kier molecular flexibility index (Phi) is 5.92. The lowest BCUT2D eigenvalue weighted by Crippen LogP contribution is -2.10. The zero-order valence-electron chi connectivity index (χ0n) is 19.1. The van der Waals surface area contributed by atoms with Crippen LogP contribution in [0.4, 0.5) is 0 Å². The molecule has 4 aromatic rings. The van der Waals surface area contributed by atoms with Gasteiger partial charge in [-0.25, -0.2) is 4.79 Å². The second kappa shape index (κ2) is 8.82. The maximum absolute atomic E-state index is 13.2. The number of hydrogen-bond acceptors (Lipinski definition) is 6. The first-order chi connectivity index (χ1) is 15.8. The van der Waals surface area contributed by atoms with Crippen LogP contribution in [-0.4, -0.2) is 20.2 Å². The number of furan rings is 1. The maximum Gasteiger partial charge on any atom is 0.343 e. The van der Waals surface area contributed by atoms with E-state index in [2.05, 4.69) is 0 Å². The Labute approximate surface area is 191 Å².